The Morgan fingerprint density at radius 1 is 1.44 bits per heavy atom. The fourth-order valence-corrected chi connectivity index (χ4v) is 1.32. The summed E-state index contributed by atoms with van der Waals surface area (Å²) in [6.07, 6.45) is 1.40. The van der Waals surface area contributed by atoms with Crippen molar-refractivity contribution in [2.75, 3.05) is 6.54 Å². The van der Waals surface area contributed by atoms with E-state index >= 15 is 0 Å². The highest BCUT2D eigenvalue weighted by atomic mass is 16.4. The maximum absolute atomic E-state index is 10.7. The Labute approximate surface area is 92.3 Å². The van der Waals surface area contributed by atoms with Crippen LogP contribution in [0.3, 0.4) is 0 Å². The van der Waals surface area contributed by atoms with E-state index in [4.69, 9.17) is 10.2 Å². The van der Waals surface area contributed by atoms with Crippen LogP contribution < -0.4 is 5.32 Å². The molecule has 6 nitrogen and oxygen atoms in total. The summed E-state index contributed by atoms with van der Waals surface area (Å²) in [6.45, 7) is 0.636. The van der Waals surface area contributed by atoms with Crippen LogP contribution in [0.1, 0.15) is 12.1 Å². The Morgan fingerprint density at radius 3 is 2.69 bits per heavy atom. The average molecular weight is 226 g/mol. The van der Waals surface area contributed by atoms with E-state index in [2.05, 4.69) is 10.3 Å². The predicted octanol–water partition coefficient (Wildman–Crippen LogP) is 0.280. The van der Waals surface area contributed by atoms with Crippen LogP contribution in [0.25, 0.3) is 0 Å². The van der Waals surface area contributed by atoms with Crippen LogP contribution in [0.15, 0.2) is 18.3 Å². The molecule has 1 aromatic heterocycles. The van der Waals surface area contributed by atoms with Crippen LogP contribution in [-0.2, 0) is 16.1 Å². The fourth-order valence-electron chi connectivity index (χ4n) is 1.32. The highest BCUT2D eigenvalue weighted by Crippen LogP contribution is 2.02. The lowest BCUT2D eigenvalue weighted by atomic mass is 10.1. The minimum atomic E-state index is -1.10. The van der Waals surface area contributed by atoms with E-state index in [9.17, 15) is 9.59 Å². The third kappa shape index (κ3) is 4.14. The smallest absolute Gasteiger partial charge is 0.308 e. The number of carboxylic acids is 2. The van der Waals surface area contributed by atoms with Crippen LogP contribution in [-0.4, -0.2) is 33.7 Å². The molecule has 0 aromatic carbocycles. The Hall–Kier alpha value is -1.82. The topological polar surface area (TPSA) is 102 Å². The third-order valence-corrected chi connectivity index (χ3v) is 2.14. The van der Waals surface area contributed by atoms with E-state index in [1.807, 2.05) is 12.1 Å². The summed E-state index contributed by atoms with van der Waals surface area (Å²) in [6, 6.07) is 3.70. The summed E-state index contributed by atoms with van der Waals surface area (Å²) in [5, 5.41) is 20.2. The zero-order valence-electron chi connectivity index (χ0n) is 8.64. The van der Waals surface area contributed by atoms with E-state index in [0.717, 1.165) is 5.69 Å². The van der Waals surface area contributed by atoms with Gasteiger partial charge in [-0.15, -0.1) is 0 Å². The summed E-state index contributed by atoms with van der Waals surface area (Å²) < 4.78 is 0. The molecule has 6 heteroatoms. The van der Waals surface area contributed by atoms with Crippen molar-refractivity contribution in [1.82, 2.24) is 10.3 Å². The molecule has 1 unspecified atom stereocenters. The van der Waals surface area contributed by atoms with Gasteiger partial charge in [-0.05, 0) is 12.1 Å². The van der Waals surface area contributed by atoms with Crippen LogP contribution in [0, 0.1) is 5.92 Å². The Kier molecular flexibility index (Phi) is 4.53. The van der Waals surface area contributed by atoms with E-state index < -0.39 is 17.9 Å². The molecule has 0 bridgehead atoms. The second-order valence-electron chi connectivity index (χ2n) is 3.46. The molecule has 0 aliphatic heterocycles. The lowest BCUT2D eigenvalue weighted by Crippen LogP contribution is -2.30. The largest absolute Gasteiger partial charge is 0.481 e. The molecule has 88 valence electrons. The van der Waals surface area contributed by atoms with Gasteiger partial charge in [-0.2, -0.15) is 0 Å². The van der Waals surface area contributed by atoms with Crippen molar-refractivity contribution in [1.29, 1.82) is 0 Å². The van der Waals surface area contributed by atoms with E-state index in [1.165, 1.54) is 0 Å². The summed E-state index contributed by atoms with van der Waals surface area (Å²) in [7, 11) is 0. The van der Waals surface area contributed by atoms with E-state index in [1.54, 1.807) is 6.20 Å². The molecule has 0 aliphatic rings. The fraction of sp³-hybridized carbons (Fsp3) is 0.400. The number of nitrogens with one attached hydrogen (secondary N) is 2. The first-order valence-electron chi connectivity index (χ1n) is 4.87. The van der Waals surface area contributed by atoms with E-state index in [-0.39, 0.29) is 13.0 Å². The molecule has 0 saturated carbocycles. The van der Waals surface area contributed by atoms with Gasteiger partial charge in [0.15, 0.2) is 0 Å². The summed E-state index contributed by atoms with van der Waals surface area (Å²) >= 11 is 0. The molecule has 1 rings (SSSR count). The van der Waals surface area contributed by atoms with Gasteiger partial charge in [0, 0.05) is 25.0 Å². The summed E-state index contributed by atoms with van der Waals surface area (Å²) in [4.78, 5) is 24.1. The summed E-state index contributed by atoms with van der Waals surface area (Å²) in [5.74, 6) is -3.09. The quantitative estimate of drug-likeness (QED) is 0.534. The zero-order valence-corrected chi connectivity index (χ0v) is 8.64. The van der Waals surface area contributed by atoms with Gasteiger partial charge in [0.1, 0.15) is 0 Å². The Bertz CT molecular complexity index is 348. The molecular weight excluding hydrogens is 212 g/mol. The predicted molar refractivity (Wildman–Crippen MR) is 55.9 cm³/mol. The molecule has 0 fully saturated rings. The first-order chi connectivity index (χ1) is 7.59. The normalized spacial score (nSPS) is 12.2. The molecule has 0 spiro atoms. The maximum Gasteiger partial charge on any atom is 0.308 e. The lowest BCUT2D eigenvalue weighted by Gasteiger charge is -2.10. The van der Waals surface area contributed by atoms with Crippen molar-refractivity contribution in [3.05, 3.63) is 24.0 Å². The van der Waals surface area contributed by atoms with Crippen molar-refractivity contribution in [3.8, 4) is 0 Å². The van der Waals surface area contributed by atoms with Gasteiger partial charge in [-0.25, -0.2) is 0 Å². The molecule has 0 aliphatic carbocycles. The van der Waals surface area contributed by atoms with Gasteiger partial charge < -0.3 is 20.5 Å². The second-order valence-corrected chi connectivity index (χ2v) is 3.46. The second kappa shape index (κ2) is 5.92. The average Bonchev–Trinajstić information content (AvgIpc) is 2.68. The molecule has 0 radical (unpaired) electrons. The monoisotopic (exact) mass is 226 g/mol. The first kappa shape index (κ1) is 12.3. The lowest BCUT2D eigenvalue weighted by molar-refractivity contribution is -0.148. The number of hydrogen-bond donors (Lipinski definition) is 4. The minimum absolute atomic E-state index is 0.140. The number of aliphatic carboxylic acids is 2. The molecule has 16 heavy (non-hydrogen) atoms. The molecule has 0 amide bonds. The molecule has 4 N–H and O–H groups in total. The van der Waals surface area contributed by atoms with Gasteiger partial charge in [-0.3, -0.25) is 9.59 Å². The van der Waals surface area contributed by atoms with Crippen LogP contribution >= 0.6 is 0 Å². The van der Waals surface area contributed by atoms with Gasteiger partial charge >= 0.3 is 11.9 Å². The van der Waals surface area contributed by atoms with Gasteiger partial charge in [0.05, 0.1) is 12.3 Å². The van der Waals surface area contributed by atoms with Crippen LogP contribution in [0.4, 0.5) is 0 Å². The van der Waals surface area contributed by atoms with E-state index in [0.29, 0.717) is 6.54 Å². The Balaban J connectivity index is 2.32. The molecular formula is C10H14N2O4. The number of carboxylic acid groups (broad SMARTS) is 2. The van der Waals surface area contributed by atoms with Crippen LogP contribution in [0.2, 0.25) is 0 Å². The van der Waals surface area contributed by atoms with Gasteiger partial charge in [0.25, 0.3) is 0 Å². The number of hydrogen-bond acceptors (Lipinski definition) is 3. The third-order valence-electron chi connectivity index (χ3n) is 2.14. The Morgan fingerprint density at radius 2 is 2.19 bits per heavy atom. The number of carbonyl (C=O) groups is 2. The molecule has 1 aromatic rings. The zero-order chi connectivity index (χ0) is 12.0. The van der Waals surface area contributed by atoms with Gasteiger partial charge in [-0.1, -0.05) is 0 Å². The molecule has 1 atom stereocenters. The number of aromatic amines is 1. The number of H-pyrrole nitrogens is 1. The number of aromatic nitrogens is 1. The maximum atomic E-state index is 10.7. The van der Waals surface area contributed by atoms with Crippen molar-refractivity contribution < 1.29 is 19.8 Å². The highest BCUT2D eigenvalue weighted by molar-refractivity contribution is 5.77. The van der Waals surface area contributed by atoms with Crippen molar-refractivity contribution in [3.63, 3.8) is 0 Å². The van der Waals surface area contributed by atoms with Crippen molar-refractivity contribution in [2.24, 2.45) is 5.92 Å². The first-order valence-corrected chi connectivity index (χ1v) is 4.87. The SMILES string of the molecule is O=C(O)CC(CNCc1ccc[nH]1)C(=O)O. The van der Waals surface area contributed by atoms with Crippen molar-refractivity contribution >= 4 is 11.9 Å². The van der Waals surface area contributed by atoms with Gasteiger partial charge in [0.2, 0.25) is 0 Å². The van der Waals surface area contributed by atoms with Crippen molar-refractivity contribution in [2.45, 2.75) is 13.0 Å². The number of rotatable bonds is 7. The summed E-state index contributed by atoms with van der Waals surface area (Å²) in [5.41, 5.74) is 0.930. The minimum Gasteiger partial charge on any atom is -0.481 e. The standard InChI is InChI=1S/C10H14N2O4/c13-9(14)4-7(10(15)16)5-11-6-8-2-1-3-12-8/h1-3,7,11-12H,4-6H2,(H,13,14)(H,15,16). The van der Waals surface area contributed by atoms with Crippen LogP contribution in [0.5, 0.6) is 0 Å². The molecule has 1 heterocycles. The molecule has 0 saturated heterocycles. The highest BCUT2D eigenvalue weighted by Gasteiger charge is 2.20.